The third-order valence-corrected chi connectivity index (χ3v) is 3.07. The zero-order chi connectivity index (χ0) is 17.9. The molecular weight excluding hydrogens is 332 g/mol. The Bertz CT molecular complexity index is 665. The van der Waals surface area contributed by atoms with Gasteiger partial charge < -0.3 is 19.0 Å². The SMILES string of the molecule is COc1cc(C=NOCCCOc2ccccc2)ccc1OC(F)F. The minimum Gasteiger partial charge on any atom is -0.493 e. The van der Waals surface area contributed by atoms with Gasteiger partial charge in [0.05, 0.1) is 19.9 Å². The van der Waals surface area contributed by atoms with Crippen LogP contribution >= 0.6 is 0 Å². The monoisotopic (exact) mass is 351 g/mol. The molecule has 5 nitrogen and oxygen atoms in total. The van der Waals surface area contributed by atoms with Gasteiger partial charge in [0.2, 0.25) is 0 Å². The molecule has 0 aliphatic rings. The predicted octanol–water partition coefficient (Wildman–Crippen LogP) is 4.12. The van der Waals surface area contributed by atoms with Gasteiger partial charge in [0.1, 0.15) is 12.4 Å². The highest BCUT2D eigenvalue weighted by Gasteiger charge is 2.10. The molecule has 2 rings (SSSR count). The third kappa shape index (κ3) is 6.66. The number of nitrogens with zero attached hydrogens (tertiary/aromatic N) is 1. The maximum absolute atomic E-state index is 12.3. The largest absolute Gasteiger partial charge is 0.493 e. The first kappa shape index (κ1) is 18.5. The fourth-order valence-corrected chi connectivity index (χ4v) is 1.94. The van der Waals surface area contributed by atoms with Crippen LogP contribution in [0.1, 0.15) is 12.0 Å². The highest BCUT2D eigenvalue weighted by Crippen LogP contribution is 2.28. The van der Waals surface area contributed by atoms with Gasteiger partial charge >= 0.3 is 6.61 Å². The van der Waals surface area contributed by atoms with E-state index < -0.39 is 6.61 Å². The van der Waals surface area contributed by atoms with Crippen molar-refractivity contribution in [2.24, 2.45) is 5.16 Å². The molecule has 0 amide bonds. The van der Waals surface area contributed by atoms with Crippen LogP contribution < -0.4 is 14.2 Å². The molecule has 25 heavy (non-hydrogen) atoms. The van der Waals surface area contributed by atoms with Gasteiger partial charge in [-0.2, -0.15) is 8.78 Å². The lowest BCUT2D eigenvalue weighted by atomic mass is 10.2. The lowest BCUT2D eigenvalue weighted by Gasteiger charge is -2.09. The van der Waals surface area contributed by atoms with Crippen LogP contribution in [0.5, 0.6) is 17.2 Å². The molecule has 2 aromatic rings. The Kier molecular flexibility index (Phi) is 7.49. The molecule has 0 saturated heterocycles. The maximum Gasteiger partial charge on any atom is 0.387 e. The van der Waals surface area contributed by atoms with Crippen LogP contribution in [0.15, 0.2) is 53.7 Å². The zero-order valence-corrected chi connectivity index (χ0v) is 13.7. The van der Waals surface area contributed by atoms with E-state index in [4.69, 9.17) is 14.3 Å². The van der Waals surface area contributed by atoms with E-state index in [2.05, 4.69) is 9.89 Å². The van der Waals surface area contributed by atoms with Crippen LogP contribution in [0.3, 0.4) is 0 Å². The average Bonchev–Trinajstić information content (AvgIpc) is 2.62. The van der Waals surface area contributed by atoms with Crippen molar-refractivity contribution in [2.75, 3.05) is 20.3 Å². The number of halogens is 2. The molecule has 0 fully saturated rings. The van der Waals surface area contributed by atoms with E-state index in [0.29, 0.717) is 25.2 Å². The van der Waals surface area contributed by atoms with Crippen LogP contribution in [-0.4, -0.2) is 33.1 Å². The Labute approximate surface area is 144 Å². The van der Waals surface area contributed by atoms with Gasteiger partial charge in [0, 0.05) is 12.0 Å². The number of hydrogen-bond acceptors (Lipinski definition) is 5. The highest BCUT2D eigenvalue weighted by molar-refractivity contribution is 5.80. The molecule has 0 heterocycles. The van der Waals surface area contributed by atoms with E-state index in [-0.39, 0.29) is 11.5 Å². The van der Waals surface area contributed by atoms with Crippen LogP contribution in [0.2, 0.25) is 0 Å². The van der Waals surface area contributed by atoms with Gasteiger partial charge in [-0.15, -0.1) is 0 Å². The molecule has 7 heteroatoms. The van der Waals surface area contributed by atoms with Gasteiger partial charge in [-0.25, -0.2) is 0 Å². The van der Waals surface area contributed by atoms with Gasteiger partial charge in [-0.05, 0) is 30.3 Å². The Morgan fingerprint density at radius 3 is 2.56 bits per heavy atom. The smallest absolute Gasteiger partial charge is 0.387 e. The number of ether oxygens (including phenoxy) is 3. The maximum atomic E-state index is 12.3. The second kappa shape index (κ2) is 10.1. The summed E-state index contributed by atoms with van der Waals surface area (Å²) in [5, 5.41) is 3.83. The number of benzene rings is 2. The van der Waals surface area contributed by atoms with Crippen molar-refractivity contribution in [3.8, 4) is 17.2 Å². The summed E-state index contributed by atoms with van der Waals surface area (Å²) in [4.78, 5) is 5.14. The zero-order valence-electron chi connectivity index (χ0n) is 13.7. The summed E-state index contributed by atoms with van der Waals surface area (Å²) >= 11 is 0. The number of alkyl halides is 2. The summed E-state index contributed by atoms with van der Waals surface area (Å²) in [6.07, 6.45) is 2.14. The number of oxime groups is 1. The van der Waals surface area contributed by atoms with Crippen LogP contribution in [-0.2, 0) is 4.84 Å². The van der Waals surface area contributed by atoms with E-state index in [0.717, 1.165) is 5.75 Å². The summed E-state index contributed by atoms with van der Waals surface area (Å²) in [5.74, 6) is 0.971. The van der Waals surface area contributed by atoms with Crippen molar-refractivity contribution in [1.29, 1.82) is 0 Å². The van der Waals surface area contributed by atoms with Crippen molar-refractivity contribution in [3.05, 3.63) is 54.1 Å². The number of hydrogen-bond donors (Lipinski definition) is 0. The molecule has 0 unspecified atom stereocenters. The number of methoxy groups -OCH3 is 1. The third-order valence-electron chi connectivity index (χ3n) is 3.07. The second-order valence-corrected chi connectivity index (χ2v) is 4.87. The van der Waals surface area contributed by atoms with Gasteiger partial charge in [-0.3, -0.25) is 0 Å². The van der Waals surface area contributed by atoms with Crippen molar-refractivity contribution >= 4 is 6.21 Å². The first-order valence-corrected chi connectivity index (χ1v) is 7.65. The Hall–Kier alpha value is -2.83. The molecule has 0 spiro atoms. The Balaban J connectivity index is 1.72. The minimum absolute atomic E-state index is 0.0337. The highest BCUT2D eigenvalue weighted by atomic mass is 19.3. The number of para-hydroxylation sites is 1. The number of rotatable bonds is 10. The van der Waals surface area contributed by atoms with E-state index in [9.17, 15) is 8.78 Å². The topological polar surface area (TPSA) is 49.3 Å². The standard InChI is InChI=1S/C18H19F2NO4/c1-22-17-12-14(8-9-16(17)25-18(19)20)13-21-24-11-5-10-23-15-6-3-2-4-7-15/h2-4,6-9,12-13,18H,5,10-11H2,1H3. The summed E-state index contributed by atoms with van der Waals surface area (Å²) in [6, 6.07) is 14.0. The molecule has 0 aliphatic carbocycles. The van der Waals surface area contributed by atoms with Gasteiger partial charge in [-0.1, -0.05) is 23.4 Å². The van der Waals surface area contributed by atoms with E-state index in [1.165, 1.54) is 25.5 Å². The first-order valence-electron chi connectivity index (χ1n) is 7.65. The molecule has 0 aliphatic heterocycles. The fourth-order valence-electron chi connectivity index (χ4n) is 1.94. The summed E-state index contributed by atoms with van der Waals surface area (Å²) in [6.45, 7) is -1.99. The van der Waals surface area contributed by atoms with Crippen LogP contribution in [0.4, 0.5) is 8.78 Å². The van der Waals surface area contributed by atoms with E-state index >= 15 is 0 Å². The molecule has 0 bridgehead atoms. The molecular formula is C18H19F2NO4. The summed E-state index contributed by atoms with van der Waals surface area (Å²) in [7, 11) is 1.37. The minimum atomic E-state index is -2.91. The quantitative estimate of drug-likeness (QED) is 0.367. The Morgan fingerprint density at radius 2 is 1.84 bits per heavy atom. The van der Waals surface area contributed by atoms with Crippen LogP contribution in [0.25, 0.3) is 0 Å². The van der Waals surface area contributed by atoms with Gasteiger partial charge in [0.25, 0.3) is 0 Å². The summed E-state index contributed by atoms with van der Waals surface area (Å²) < 4.78 is 39.4. The van der Waals surface area contributed by atoms with E-state index in [1.807, 2.05) is 30.3 Å². The van der Waals surface area contributed by atoms with Crippen molar-refractivity contribution in [2.45, 2.75) is 13.0 Å². The Morgan fingerprint density at radius 1 is 1.04 bits per heavy atom. The van der Waals surface area contributed by atoms with Crippen molar-refractivity contribution < 1.29 is 27.8 Å². The predicted molar refractivity (Wildman–Crippen MR) is 89.7 cm³/mol. The fraction of sp³-hybridized carbons (Fsp3) is 0.278. The molecule has 0 radical (unpaired) electrons. The molecule has 0 aromatic heterocycles. The normalized spacial score (nSPS) is 10.9. The molecule has 0 saturated carbocycles. The van der Waals surface area contributed by atoms with Crippen molar-refractivity contribution in [1.82, 2.24) is 0 Å². The van der Waals surface area contributed by atoms with Crippen LogP contribution in [0, 0.1) is 0 Å². The second-order valence-electron chi connectivity index (χ2n) is 4.87. The van der Waals surface area contributed by atoms with Gasteiger partial charge in [0.15, 0.2) is 11.5 Å². The van der Waals surface area contributed by atoms with Crippen molar-refractivity contribution in [3.63, 3.8) is 0 Å². The lowest BCUT2D eigenvalue weighted by Crippen LogP contribution is -2.03. The lowest BCUT2D eigenvalue weighted by molar-refractivity contribution is -0.0512. The first-order chi connectivity index (χ1) is 12.2. The van der Waals surface area contributed by atoms with E-state index in [1.54, 1.807) is 6.07 Å². The molecule has 0 N–H and O–H groups in total. The molecule has 2 aromatic carbocycles. The molecule has 0 atom stereocenters. The average molecular weight is 351 g/mol. The molecule has 134 valence electrons. The summed E-state index contributed by atoms with van der Waals surface area (Å²) in [5.41, 5.74) is 0.638.